The summed E-state index contributed by atoms with van der Waals surface area (Å²) >= 11 is 0. The Bertz CT molecular complexity index is 476. The molecule has 3 heterocycles. The first-order chi connectivity index (χ1) is 8.65. The van der Waals surface area contributed by atoms with Gasteiger partial charge in [0.05, 0.1) is 5.56 Å². The highest BCUT2D eigenvalue weighted by Gasteiger charge is 2.37. The highest BCUT2D eigenvalue weighted by Crippen LogP contribution is 2.31. The Kier molecular flexibility index (Phi) is 2.70. The molecule has 1 aromatic rings. The molecule has 2 saturated heterocycles. The van der Waals surface area contributed by atoms with Gasteiger partial charge in [-0.2, -0.15) is 0 Å². The molecule has 2 fully saturated rings. The van der Waals surface area contributed by atoms with Crippen molar-refractivity contribution >= 4 is 11.7 Å². The van der Waals surface area contributed by atoms with Crippen LogP contribution >= 0.6 is 0 Å². The molecule has 0 aromatic carbocycles. The predicted molar refractivity (Wildman–Crippen MR) is 69.6 cm³/mol. The average molecular weight is 246 g/mol. The Balaban J connectivity index is 1.92. The van der Waals surface area contributed by atoms with Crippen molar-refractivity contribution in [3.8, 4) is 0 Å². The number of anilines is 1. The Morgan fingerprint density at radius 1 is 1.39 bits per heavy atom. The van der Waals surface area contributed by atoms with Crippen molar-refractivity contribution < 1.29 is 4.79 Å². The molecule has 0 aliphatic carbocycles. The third kappa shape index (κ3) is 1.84. The van der Waals surface area contributed by atoms with Gasteiger partial charge in [0.2, 0.25) is 0 Å². The smallest absolute Gasteiger partial charge is 0.252 e. The highest BCUT2D eigenvalue weighted by molar-refractivity contribution is 5.97. The summed E-state index contributed by atoms with van der Waals surface area (Å²) in [6.07, 6.45) is 0. The van der Waals surface area contributed by atoms with Crippen molar-refractivity contribution in [1.29, 1.82) is 0 Å². The predicted octanol–water partition coefficient (Wildman–Crippen LogP) is 0.145. The number of primary amides is 1. The topological polar surface area (TPSA) is 71.2 Å². The first kappa shape index (κ1) is 11.5. The number of hydrogen-bond acceptors (Lipinski definition) is 4. The third-order valence-corrected chi connectivity index (χ3v) is 3.97. The number of nitrogens with one attached hydrogen (secondary N) is 1. The Morgan fingerprint density at radius 2 is 2.06 bits per heavy atom. The number of rotatable bonds is 2. The van der Waals surface area contributed by atoms with Gasteiger partial charge >= 0.3 is 0 Å². The maximum Gasteiger partial charge on any atom is 0.252 e. The van der Waals surface area contributed by atoms with Crippen molar-refractivity contribution in [2.45, 2.75) is 6.92 Å². The second kappa shape index (κ2) is 4.24. The second-order valence-corrected chi connectivity index (χ2v) is 5.27. The highest BCUT2D eigenvalue weighted by atomic mass is 16.1. The molecule has 0 radical (unpaired) electrons. The summed E-state index contributed by atoms with van der Waals surface area (Å²) in [6, 6.07) is 3.62. The van der Waals surface area contributed by atoms with Gasteiger partial charge in [0.15, 0.2) is 0 Å². The molecule has 0 saturated carbocycles. The molecule has 0 spiro atoms. The fourth-order valence-electron chi connectivity index (χ4n) is 3.00. The number of nitrogens with two attached hydrogens (primary N) is 1. The number of carbonyl (C=O) groups is 1. The zero-order chi connectivity index (χ0) is 12.7. The molecule has 2 atom stereocenters. The molecule has 3 rings (SSSR count). The van der Waals surface area contributed by atoms with Gasteiger partial charge < -0.3 is 16.0 Å². The number of aromatic nitrogens is 1. The average Bonchev–Trinajstić information content (AvgIpc) is 2.88. The lowest BCUT2D eigenvalue weighted by Gasteiger charge is -2.21. The van der Waals surface area contributed by atoms with Gasteiger partial charge in [-0.1, -0.05) is 0 Å². The summed E-state index contributed by atoms with van der Waals surface area (Å²) in [5, 5.41) is 3.41. The molecule has 3 N–H and O–H groups in total. The van der Waals surface area contributed by atoms with Crippen molar-refractivity contribution in [2.24, 2.45) is 17.6 Å². The van der Waals surface area contributed by atoms with E-state index < -0.39 is 5.91 Å². The van der Waals surface area contributed by atoms with Crippen LogP contribution in [-0.4, -0.2) is 37.1 Å². The van der Waals surface area contributed by atoms with Gasteiger partial charge in [0.25, 0.3) is 5.91 Å². The number of carbonyl (C=O) groups excluding carboxylic acids is 1. The normalized spacial score (nSPS) is 26.4. The molecule has 96 valence electrons. The summed E-state index contributed by atoms with van der Waals surface area (Å²) in [4.78, 5) is 18.2. The maximum absolute atomic E-state index is 11.5. The third-order valence-electron chi connectivity index (χ3n) is 3.97. The first-order valence-corrected chi connectivity index (χ1v) is 6.38. The number of nitrogens with zero attached hydrogens (tertiary/aromatic N) is 2. The minimum Gasteiger partial charge on any atom is -0.365 e. The minimum atomic E-state index is -0.396. The fourth-order valence-corrected chi connectivity index (χ4v) is 3.00. The number of hydrogen-bond donors (Lipinski definition) is 2. The van der Waals surface area contributed by atoms with Crippen LogP contribution in [0.15, 0.2) is 12.1 Å². The largest absolute Gasteiger partial charge is 0.365 e. The molecule has 0 bridgehead atoms. The number of amides is 1. The van der Waals surface area contributed by atoms with Crippen LogP contribution in [0.4, 0.5) is 5.82 Å². The minimum absolute atomic E-state index is 0.396. The van der Waals surface area contributed by atoms with E-state index in [1.54, 1.807) is 6.07 Å². The molecule has 2 aliphatic heterocycles. The summed E-state index contributed by atoms with van der Waals surface area (Å²) in [7, 11) is 0. The van der Waals surface area contributed by atoms with Crippen molar-refractivity contribution in [3.05, 3.63) is 23.4 Å². The van der Waals surface area contributed by atoms with E-state index in [2.05, 4.69) is 15.2 Å². The standard InChI is InChI=1S/C13H18N4O/c1-8-2-3-11(12(14)18)13(16-8)17-6-9-4-15-5-10(9)7-17/h2-3,9-10,15H,4-7H2,1H3,(H2,14,18). The quantitative estimate of drug-likeness (QED) is 0.779. The maximum atomic E-state index is 11.5. The monoisotopic (exact) mass is 246 g/mol. The molecule has 5 nitrogen and oxygen atoms in total. The first-order valence-electron chi connectivity index (χ1n) is 6.38. The fraction of sp³-hybridized carbons (Fsp3) is 0.538. The molecule has 1 aromatic heterocycles. The van der Waals surface area contributed by atoms with E-state index in [1.165, 1.54) is 0 Å². The van der Waals surface area contributed by atoms with E-state index >= 15 is 0 Å². The van der Waals surface area contributed by atoms with Crippen LogP contribution in [-0.2, 0) is 0 Å². The van der Waals surface area contributed by atoms with Crippen LogP contribution in [0.1, 0.15) is 16.1 Å². The van der Waals surface area contributed by atoms with E-state index in [1.807, 2.05) is 13.0 Å². The lowest BCUT2D eigenvalue weighted by molar-refractivity contribution is 0.100. The van der Waals surface area contributed by atoms with Gasteiger partial charge in [-0.3, -0.25) is 4.79 Å². The van der Waals surface area contributed by atoms with E-state index in [9.17, 15) is 4.79 Å². The van der Waals surface area contributed by atoms with Crippen molar-refractivity contribution in [3.63, 3.8) is 0 Å². The van der Waals surface area contributed by atoms with E-state index in [0.717, 1.165) is 37.7 Å². The zero-order valence-corrected chi connectivity index (χ0v) is 10.5. The van der Waals surface area contributed by atoms with Crippen molar-refractivity contribution in [2.75, 3.05) is 31.1 Å². The Labute approximate surface area is 106 Å². The Hall–Kier alpha value is -1.62. The van der Waals surface area contributed by atoms with Gasteiger partial charge in [0.1, 0.15) is 5.82 Å². The lowest BCUT2D eigenvalue weighted by atomic mass is 10.0. The van der Waals surface area contributed by atoms with Crippen LogP contribution in [0, 0.1) is 18.8 Å². The summed E-state index contributed by atoms with van der Waals surface area (Å²) in [5.41, 5.74) is 6.89. The number of pyridine rings is 1. The molecule has 2 unspecified atom stereocenters. The summed E-state index contributed by atoms with van der Waals surface area (Å²) in [5.74, 6) is 1.71. The van der Waals surface area contributed by atoms with E-state index in [-0.39, 0.29) is 0 Å². The van der Waals surface area contributed by atoms with Crippen LogP contribution in [0.2, 0.25) is 0 Å². The molecule has 1 amide bonds. The molecular weight excluding hydrogens is 228 g/mol. The number of fused-ring (bicyclic) bond motifs is 1. The zero-order valence-electron chi connectivity index (χ0n) is 10.5. The number of aryl methyl sites for hydroxylation is 1. The van der Waals surface area contributed by atoms with Gasteiger partial charge in [-0.15, -0.1) is 0 Å². The van der Waals surface area contributed by atoms with E-state index in [4.69, 9.17) is 5.73 Å². The summed E-state index contributed by atoms with van der Waals surface area (Å²) < 4.78 is 0. The lowest BCUT2D eigenvalue weighted by Crippen LogP contribution is -2.29. The Morgan fingerprint density at radius 3 is 2.67 bits per heavy atom. The van der Waals surface area contributed by atoms with Gasteiger partial charge in [-0.25, -0.2) is 4.98 Å². The van der Waals surface area contributed by atoms with Crippen LogP contribution in [0.25, 0.3) is 0 Å². The van der Waals surface area contributed by atoms with Gasteiger partial charge in [-0.05, 0) is 30.9 Å². The van der Waals surface area contributed by atoms with E-state index in [0.29, 0.717) is 17.4 Å². The van der Waals surface area contributed by atoms with Crippen LogP contribution < -0.4 is 16.0 Å². The second-order valence-electron chi connectivity index (χ2n) is 5.27. The SMILES string of the molecule is Cc1ccc(C(N)=O)c(N2CC3CNCC3C2)n1. The van der Waals surface area contributed by atoms with Crippen LogP contribution in [0.5, 0.6) is 0 Å². The van der Waals surface area contributed by atoms with Crippen molar-refractivity contribution in [1.82, 2.24) is 10.3 Å². The summed E-state index contributed by atoms with van der Waals surface area (Å²) in [6.45, 7) is 6.01. The molecular formula is C13H18N4O. The van der Waals surface area contributed by atoms with Crippen LogP contribution in [0.3, 0.4) is 0 Å². The molecule has 2 aliphatic rings. The molecule has 5 heteroatoms. The molecule has 18 heavy (non-hydrogen) atoms. The van der Waals surface area contributed by atoms with Gasteiger partial charge in [0, 0.05) is 31.9 Å².